The second kappa shape index (κ2) is 8.50. The second-order valence-electron chi connectivity index (χ2n) is 8.51. The fourth-order valence-corrected chi connectivity index (χ4v) is 4.77. The number of nitrogens with zero attached hydrogens (tertiary/aromatic N) is 2. The van der Waals surface area contributed by atoms with Crippen molar-refractivity contribution in [3.63, 3.8) is 0 Å². The first kappa shape index (κ1) is 22.0. The van der Waals surface area contributed by atoms with Crippen LogP contribution in [0.25, 0.3) is 16.6 Å². The summed E-state index contributed by atoms with van der Waals surface area (Å²) in [6.07, 6.45) is 2.20. The van der Waals surface area contributed by atoms with Crippen LogP contribution in [-0.2, 0) is 11.2 Å². The van der Waals surface area contributed by atoms with Gasteiger partial charge in [0, 0.05) is 51.2 Å². The third-order valence-electron chi connectivity index (χ3n) is 6.32. The number of aromatic amines is 1. The van der Waals surface area contributed by atoms with E-state index < -0.39 is 18.0 Å². The van der Waals surface area contributed by atoms with Crippen molar-refractivity contribution in [2.75, 3.05) is 6.54 Å². The first-order valence-corrected chi connectivity index (χ1v) is 11.4. The summed E-state index contributed by atoms with van der Waals surface area (Å²) in [5.74, 6) is -0.681. The Hall–Kier alpha value is -3.84. The lowest BCUT2D eigenvalue weighted by Gasteiger charge is -2.13. The number of imide groups is 1. The standard InChI is InChI=1S/C26H23ClN4O3/c1-15-11-21(16(2)31(15)19-9-7-18(27)8-10-19)24(32)14-30-25(33)23(29-26(30)34)12-17-13-28-22-6-4-3-5-20(17)22/h3-11,13,23,28H,12,14H2,1-2H3,(H,29,34). The monoisotopic (exact) mass is 474 g/mol. The molecule has 0 radical (unpaired) electrons. The van der Waals surface area contributed by atoms with E-state index in [9.17, 15) is 14.4 Å². The Morgan fingerprint density at radius 1 is 1.06 bits per heavy atom. The van der Waals surface area contributed by atoms with Crippen LogP contribution in [0.2, 0.25) is 5.02 Å². The van der Waals surface area contributed by atoms with Crippen molar-refractivity contribution in [2.45, 2.75) is 26.3 Å². The molecule has 8 heteroatoms. The van der Waals surface area contributed by atoms with Gasteiger partial charge in [-0.1, -0.05) is 29.8 Å². The summed E-state index contributed by atoms with van der Waals surface area (Å²) in [5.41, 5.74) is 4.89. The van der Waals surface area contributed by atoms with Crippen LogP contribution in [0.1, 0.15) is 27.3 Å². The highest BCUT2D eigenvalue weighted by atomic mass is 35.5. The Morgan fingerprint density at radius 3 is 2.56 bits per heavy atom. The maximum Gasteiger partial charge on any atom is 0.325 e. The molecule has 1 atom stereocenters. The topological polar surface area (TPSA) is 87.2 Å². The summed E-state index contributed by atoms with van der Waals surface area (Å²) in [7, 11) is 0. The summed E-state index contributed by atoms with van der Waals surface area (Å²) < 4.78 is 1.95. The van der Waals surface area contributed by atoms with Gasteiger partial charge in [0.25, 0.3) is 5.91 Å². The molecule has 1 aliphatic rings. The van der Waals surface area contributed by atoms with Crippen molar-refractivity contribution in [1.29, 1.82) is 0 Å². The van der Waals surface area contributed by atoms with Crippen LogP contribution in [0.5, 0.6) is 0 Å². The van der Waals surface area contributed by atoms with Gasteiger partial charge < -0.3 is 14.9 Å². The van der Waals surface area contributed by atoms with Gasteiger partial charge in [0.2, 0.25) is 0 Å². The Labute approximate surface area is 201 Å². The fourth-order valence-electron chi connectivity index (χ4n) is 4.65. The fraction of sp³-hybridized carbons (Fsp3) is 0.192. The van der Waals surface area contributed by atoms with Crippen molar-refractivity contribution in [1.82, 2.24) is 19.8 Å². The highest BCUT2D eigenvalue weighted by Crippen LogP contribution is 2.24. The third-order valence-corrected chi connectivity index (χ3v) is 6.58. The lowest BCUT2D eigenvalue weighted by molar-refractivity contribution is -0.127. The van der Waals surface area contributed by atoms with Gasteiger partial charge in [-0.3, -0.25) is 14.5 Å². The number of benzene rings is 2. The van der Waals surface area contributed by atoms with Crippen LogP contribution < -0.4 is 5.32 Å². The molecule has 0 bridgehead atoms. The minimum absolute atomic E-state index is 0.287. The normalized spacial score (nSPS) is 15.9. The number of para-hydroxylation sites is 1. The number of halogens is 1. The molecule has 2 N–H and O–H groups in total. The Morgan fingerprint density at radius 2 is 1.79 bits per heavy atom. The van der Waals surface area contributed by atoms with E-state index >= 15 is 0 Å². The SMILES string of the molecule is Cc1cc(C(=O)CN2C(=O)NC(Cc3c[nH]c4ccccc34)C2=O)c(C)n1-c1ccc(Cl)cc1. The molecule has 2 aromatic heterocycles. The molecule has 7 nitrogen and oxygen atoms in total. The third kappa shape index (κ3) is 3.78. The minimum atomic E-state index is -0.707. The van der Waals surface area contributed by atoms with Gasteiger partial charge in [-0.15, -0.1) is 0 Å². The molecule has 5 rings (SSSR count). The minimum Gasteiger partial charge on any atom is -0.361 e. The molecule has 1 fully saturated rings. The molecule has 34 heavy (non-hydrogen) atoms. The first-order chi connectivity index (χ1) is 16.3. The molecular weight excluding hydrogens is 452 g/mol. The maximum absolute atomic E-state index is 13.1. The number of Topliss-reactive ketones (excluding diaryl/α,β-unsaturated/α-hetero) is 1. The van der Waals surface area contributed by atoms with Crippen LogP contribution in [0.15, 0.2) is 60.8 Å². The molecule has 3 amide bonds. The van der Waals surface area contributed by atoms with Gasteiger partial charge in [-0.05, 0) is 55.8 Å². The van der Waals surface area contributed by atoms with Crippen LogP contribution in [0.4, 0.5) is 4.79 Å². The molecule has 2 aromatic carbocycles. The highest BCUT2D eigenvalue weighted by Gasteiger charge is 2.39. The van der Waals surface area contributed by atoms with Gasteiger partial charge >= 0.3 is 6.03 Å². The van der Waals surface area contributed by atoms with E-state index in [-0.39, 0.29) is 12.3 Å². The van der Waals surface area contributed by atoms with Gasteiger partial charge in [0.15, 0.2) is 5.78 Å². The Kier molecular flexibility index (Phi) is 5.49. The zero-order valence-corrected chi connectivity index (χ0v) is 19.5. The molecule has 1 saturated heterocycles. The molecule has 4 aromatic rings. The van der Waals surface area contributed by atoms with E-state index in [0.717, 1.165) is 38.4 Å². The number of rotatable bonds is 6. The molecule has 0 spiro atoms. The van der Waals surface area contributed by atoms with Gasteiger partial charge in [0.05, 0.1) is 6.54 Å². The Bertz CT molecular complexity index is 1430. The van der Waals surface area contributed by atoms with Crippen molar-refractivity contribution in [3.05, 3.63) is 88.3 Å². The molecular formula is C26H23ClN4O3. The number of fused-ring (bicyclic) bond motifs is 1. The summed E-state index contributed by atoms with van der Waals surface area (Å²) in [4.78, 5) is 42.9. The van der Waals surface area contributed by atoms with E-state index in [1.165, 1.54) is 0 Å². The highest BCUT2D eigenvalue weighted by molar-refractivity contribution is 6.30. The first-order valence-electron chi connectivity index (χ1n) is 11.0. The number of carbonyl (C=O) groups is 3. The van der Waals surface area contributed by atoms with E-state index in [1.807, 2.05) is 61.0 Å². The smallest absolute Gasteiger partial charge is 0.325 e. The zero-order chi connectivity index (χ0) is 24.0. The number of carbonyl (C=O) groups excluding carboxylic acids is 3. The van der Waals surface area contributed by atoms with E-state index in [0.29, 0.717) is 17.0 Å². The number of hydrogen-bond acceptors (Lipinski definition) is 3. The molecule has 0 aliphatic carbocycles. The molecule has 1 unspecified atom stereocenters. The summed E-state index contributed by atoms with van der Waals surface area (Å²) >= 11 is 6.00. The predicted molar refractivity (Wildman–Crippen MR) is 131 cm³/mol. The van der Waals surface area contributed by atoms with Gasteiger partial charge in [-0.25, -0.2) is 4.79 Å². The van der Waals surface area contributed by atoms with Gasteiger partial charge in [-0.2, -0.15) is 0 Å². The number of amides is 3. The Balaban J connectivity index is 1.34. The molecule has 0 saturated carbocycles. The van der Waals surface area contributed by atoms with Crippen LogP contribution >= 0.6 is 11.6 Å². The van der Waals surface area contributed by atoms with Crippen LogP contribution in [0, 0.1) is 13.8 Å². The van der Waals surface area contributed by atoms with Crippen LogP contribution in [-0.4, -0.2) is 44.8 Å². The lowest BCUT2D eigenvalue weighted by atomic mass is 10.0. The van der Waals surface area contributed by atoms with E-state index in [4.69, 9.17) is 11.6 Å². The number of aryl methyl sites for hydroxylation is 1. The predicted octanol–water partition coefficient (Wildman–Crippen LogP) is 4.57. The van der Waals surface area contributed by atoms with Crippen molar-refractivity contribution < 1.29 is 14.4 Å². The van der Waals surface area contributed by atoms with E-state index in [2.05, 4.69) is 10.3 Å². The summed E-state index contributed by atoms with van der Waals surface area (Å²) in [6, 6.07) is 15.7. The summed E-state index contributed by atoms with van der Waals surface area (Å²) in [5, 5.41) is 4.37. The maximum atomic E-state index is 13.1. The largest absolute Gasteiger partial charge is 0.361 e. The lowest BCUT2D eigenvalue weighted by Crippen LogP contribution is -2.36. The summed E-state index contributed by atoms with van der Waals surface area (Å²) in [6.45, 7) is 3.45. The van der Waals surface area contributed by atoms with E-state index in [1.54, 1.807) is 18.2 Å². The quantitative estimate of drug-likeness (QED) is 0.317. The number of hydrogen-bond donors (Lipinski definition) is 2. The average Bonchev–Trinajstić information content (AvgIpc) is 3.45. The number of aromatic nitrogens is 2. The second-order valence-corrected chi connectivity index (χ2v) is 8.95. The number of ketones is 1. The number of nitrogens with one attached hydrogen (secondary N) is 2. The molecule has 3 heterocycles. The van der Waals surface area contributed by atoms with Crippen molar-refractivity contribution in [2.24, 2.45) is 0 Å². The molecule has 1 aliphatic heterocycles. The number of urea groups is 1. The van der Waals surface area contributed by atoms with Crippen molar-refractivity contribution >= 4 is 40.2 Å². The van der Waals surface area contributed by atoms with Crippen LogP contribution in [0.3, 0.4) is 0 Å². The van der Waals surface area contributed by atoms with Gasteiger partial charge in [0.1, 0.15) is 6.04 Å². The number of H-pyrrole nitrogens is 1. The average molecular weight is 475 g/mol. The van der Waals surface area contributed by atoms with Crippen molar-refractivity contribution in [3.8, 4) is 5.69 Å². The molecule has 172 valence electrons. The zero-order valence-electron chi connectivity index (χ0n) is 18.8.